The fraction of sp³-hybridized carbons (Fsp3) is 0.0500. The molecule has 1 aliphatic heterocycles. The monoisotopic (exact) mass is 441 g/mol. The van der Waals surface area contributed by atoms with Crippen molar-refractivity contribution in [1.82, 2.24) is 10.2 Å². The Balaban J connectivity index is 1.64. The van der Waals surface area contributed by atoms with Gasteiger partial charge in [-0.15, -0.1) is 0 Å². The zero-order chi connectivity index (χ0) is 22.1. The van der Waals surface area contributed by atoms with Crippen LogP contribution >= 0.6 is 11.6 Å². The van der Waals surface area contributed by atoms with Gasteiger partial charge in [0.2, 0.25) is 0 Å². The van der Waals surface area contributed by atoms with Crippen LogP contribution in [0.5, 0.6) is 0 Å². The number of nitrogens with zero attached hydrogens (tertiary/aromatic N) is 2. The van der Waals surface area contributed by atoms with Gasteiger partial charge in [0.15, 0.2) is 0 Å². The van der Waals surface area contributed by atoms with Crippen molar-refractivity contribution in [2.24, 2.45) is 0 Å². The van der Waals surface area contributed by atoms with Gasteiger partial charge < -0.3 is 8.83 Å². The second-order valence-corrected chi connectivity index (χ2v) is 6.82. The average Bonchev–Trinajstić information content (AvgIpc) is 3.40. The van der Waals surface area contributed by atoms with Crippen LogP contribution < -0.4 is 5.32 Å². The number of hydrogen-bond acceptors (Lipinski definition) is 7. The first-order valence-corrected chi connectivity index (χ1v) is 9.16. The molecule has 1 saturated heterocycles. The van der Waals surface area contributed by atoms with Crippen molar-refractivity contribution in [3.63, 3.8) is 0 Å². The lowest BCUT2D eigenvalue weighted by Crippen LogP contribution is -2.53. The Kier molecular flexibility index (Phi) is 5.14. The predicted molar refractivity (Wildman–Crippen MR) is 107 cm³/mol. The lowest BCUT2D eigenvalue weighted by atomic mass is 10.1. The van der Waals surface area contributed by atoms with E-state index in [0.717, 1.165) is 4.90 Å². The van der Waals surface area contributed by atoms with Gasteiger partial charge in [-0.3, -0.25) is 29.9 Å². The second-order valence-electron chi connectivity index (χ2n) is 6.41. The van der Waals surface area contributed by atoms with Crippen molar-refractivity contribution in [3.05, 3.63) is 81.0 Å². The lowest BCUT2D eigenvalue weighted by molar-refractivity contribution is -0.384. The van der Waals surface area contributed by atoms with E-state index < -0.39 is 22.8 Å². The Morgan fingerprint density at radius 3 is 2.68 bits per heavy atom. The van der Waals surface area contributed by atoms with Gasteiger partial charge in [0.25, 0.3) is 17.5 Å². The third-order valence-corrected chi connectivity index (χ3v) is 4.75. The summed E-state index contributed by atoms with van der Waals surface area (Å²) in [4.78, 5) is 48.3. The summed E-state index contributed by atoms with van der Waals surface area (Å²) < 4.78 is 10.8. The Hall–Kier alpha value is -4.18. The number of amides is 4. The number of non-ortho nitro benzene ring substituents is 1. The third-order valence-electron chi connectivity index (χ3n) is 4.42. The minimum atomic E-state index is -0.878. The number of carbonyl (C=O) groups excluding carboxylic acids is 3. The smallest absolute Gasteiger partial charge is 0.331 e. The van der Waals surface area contributed by atoms with Gasteiger partial charge >= 0.3 is 6.03 Å². The molecule has 1 N–H and O–H groups in total. The maximum atomic E-state index is 12.7. The number of hydrogen-bond donors (Lipinski definition) is 1. The van der Waals surface area contributed by atoms with Crippen molar-refractivity contribution in [2.45, 2.75) is 6.54 Å². The largest absolute Gasteiger partial charge is 0.467 e. The zero-order valence-corrected chi connectivity index (χ0v) is 16.3. The molecule has 3 heterocycles. The van der Waals surface area contributed by atoms with Crippen LogP contribution in [0.15, 0.2) is 63.1 Å². The topological polar surface area (TPSA) is 136 Å². The van der Waals surface area contributed by atoms with Gasteiger partial charge in [0.05, 0.1) is 22.8 Å². The Labute approximate surface area is 178 Å². The third kappa shape index (κ3) is 3.96. The molecule has 10 nitrogen and oxygen atoms in total. The number of carbonyl (C=O) groups is 3. The maximum absolute atomic E-state index is 12.7. The minimum Gasteiger partial charge on any atom is -0.467 e. The number of nitro groups is 1. The Morgan fingerprint density at radius 2 is 1.97 bits per heavy atom. The summed E-state index contributed by atoms with van der Waals surface area (Å²) in [6.45, 7) is -0.158. The fourth-order valence-electron chi connectivity index (χ4n) is 2.93. The molecule has 1 aliphatic rings. The number of furan rings is 2. The molecule has 0 unspecified atom stereocenters. The van der Waals surface area contributed by atoms with Crippen molar-refractivity contribution < 1.29 is 28.1 Å². The van der Waals surface area contributed by atoms with E-state index in [2.05, 4.69) is 5.32 Å². The van der Waals surface area contributed by atoms with Crippen molar-refractivity contribution in [1.29, 1.82) is 0 Å². The molecule has 11 heteroatoms. The predicted octanol–water partition coefficient (Wildman–Crippen LogP) is 3.76. The van der Waals surface area contributed by atoms with Crippen LogP contribution in [-0.4, -0.2) is 27.7 Å². The first kappa shape index (κ1) is 20.1. The molecule has 0 spiro atoms. The van der Waals surface area contributed by atoms with E-state index >= 15 is 0 Å². The molecule has 0 saturated carbocycles. The number of nitro benzene ring substituents is 1. The molecule has 0 atom stereocenters. The van der Waals surface area contributed by atoms with E-state index in [1.54, 1.807) is 12.1 Å². The number of benzene rings is 1. The van der Waals surface area contributed by atoms with Gasteiger partial charge in [0, 0.05) is 17.7 Å². The molecule has 4 rings (SSSR count). The fourth-order valence-corrected chi connectivity index (χ4v) is 3.14. The number of urea groups is 1. The average molecular weight is 442 g/mol. The number of halogens is 1. The van der Waals surface area contributed by atoms with E-state index in [1.807, 2.05) is 0 Å². The van der Waals surface area contributed by atoms with Crippen molar-refractivity contribution >= 4 is 41.2 Å². The molecule has 1 aromatic carbocycles. The van der Waals surface area contributed by atoms with Crippen LogP contribution in [0, 0.1) is 10.1 Å². The molecule has 3 aromatic rings. The molecule has 4 amide bonds. The van der Waals surface area contributed by atoms with Gasteiger partial charge in [-0.05, 0) is 36.4 Å². The van der Waals surface area contributed by atoms with E-state index in [9.17, 15) is 24.5 Å². The molecule has 2 aromatic heterocycles. The quantitative estimate of drug-likeness (QED) is 0.275. The van der Waals surface area contributed by atoms with Crippen LogP contribution in [0.25, 0.3) is 17.4 Å². The molecule has 0 bridgehead atoms. The van der Waals surface area contributed by atoms with Crippen LogP contribution in [-0.2, 0) is 16.1 Å². The summed E-state index contributed by atoms with van der Waals surface area (Å²) in [5, 5.41) is 13.3. The van der Waals surface area contributed by atoms with Crippen LogP contribution in [0.3, 0.4) is 0 Å². The molecular weight excluding hydrogens is 430 g/mol. The van der Waals surface area contributed by atoms with Gasteiger partial charge in [0.1, 0.15) is 22.9 Å². The summed E-state index contributed by atoms with van der Waals surface area (Å²) in [5.41, 5.74) is -0.226. The first-order chi connectivity index (χ1) is 14.8. The number of rotatable bonds is 5. The molecule has 0 radical (unpaired) electrons. The molecule has 0 aliphatic carbocycles. The summed E-state index contributed by atoms with van der Waals surface area (Å²) in [6.07, 6.45) is 2.57. The summed E-state index contributed by atoms with van der Waals surface area (Å²) in [7, 11) is 0. The van der Waals surface area contributed by atoms with E-state index in [4.69, 9.17) is 20.4 Å². The molecule has 31 heavy (non-hydrogen) atoms. The highest BCUT2D eigenvalue weighted by atomic mass is 35.5. The zero-order valence-electron chi connectivity index (χ0n) is 15.5. The normalized spacial score (nSPS) is 15.5. The van der Waals surface area contributed by atoms with Crippen molar-refractivity contribution in [2.75, 3.05) is 0 Å². The maximum Gasteiger partial charge on any atom is 0.331 e. The highest BCUT2D eigenvalue weighted by Crippen LogP contribution is 2.33. The standard InChI is InChI=1S/C20H12ClN3O7/c21-16-5-3-11(24(28)29)8-14(16)17-6-4-12(31-17)9-15-18(25)22-20(27)23(19(15)26)10-13-2-1-7-30-13/h1-9H,10H2,(H,22,25,27). The van der Waals surface area contributed by atoms with Crippen molar-refractivity contribution in [3.8, 4) is 11.3 Å². The molecule has 156 valence electrons. The number of nitrogens with one attached hydrogen (secondary N) is 1. The van der Waals surface area contributed by atoms with Crippen LogP contribution in [0.2, 0.25) is 5.02 Å². The highest BCUT2D eigenvalue weighted by Gasteiger charge is 2.36. The van der Waals surface area contributed by atoms with E-state index in [-0.39, 0.29) is 39.9 Å². The SMILES string of the molecule is O=C1NC(=O)N(Cc2ccco2)C(=O)C1=Cc1ccc(-c2cc([N+](=O)[O-])ccc2Cl)o1. The van der Waals surface area contributed by atoms with E-state index in [1.165, 1.54) is 42.7 Å². The Bertz CT molecular complexity index is 1240. The van der Waals surface area contributed by atoms with Crippen LogP contribution in [0.4, 0.5) is 10.5 Å². The summed E-state index contributed by atoms with van der Waals surface area (Å²) >= 11 is 6.12. The van der Waals surface area contributed by atoms with E-state index in [0.29, 0.717) is 5.76 Å². The second kappa shape index (κ2) is 7.92. The van der Waals surface area contributed by atoms with Crippen LogP contribution in [0.1, 0.15) is 11.5 Å². The van der Waals surface area contributed by atoms with Gasteiger partial charge in [-0.1, -0.05) is 11.6 Å². The minimum absolute atomic E-state index is 0.114. The highest BCUT2D eigenvalue weighted by molar-refractivity contribution is 6.33. The van der Waals surface area contributed by atoms with Gasteiger partial charge in [-0.2, -0.15) is 0 Å². The summed E-state index contributed by atoms with van der Waals surface area (Å²) in [5.74, 6) is -1.03. The molecule has 1 fully saturated rings. The van der Waals surface area contributed by atoms with Gasteiger partial charge in [-0.25, -0.2) is 4.79 Å². The first-order valence-electron chi connectivity index (χ1n) is 8.79. The molecular formula is C20H12ClN3O7. The Morgan fingerprint density at radius 1 is 1.16 bits per heavy atom. The number of barbiturate groups is 1. The number of imide groups is 2. The summed E-state index contributed by atoms with van der Waals surface area (Å²) in [6, 6.07) is 9.15. The lowest BCUT2D eigenvalue weighted by Gasteiger charge is -2.25.